The SMILES string of the molecule is CC(C)Cc1nc(-c2nc(CI)cs2)cs1. The molecule has 0 aromatic carbocycles. The van der Waals surface area contributed by atoms with E-state index in [0.29, 0.717) is 5.92 Å². The molecule has 2 rings (SSSR count). The van der Waals surface area contributed by atoms with E-state index in [0.717, 1.165) is 27.2 Å². The second kappa shape index (κ2) is 5.55. The highest BCUT2D eigenvalue weighted by atomic mass is 127. The Labute approximate surface area is 117 Å². The molecular weight excluding hydrogens is 351 g/mol. The number of thiazole rings is 2. The summed E-state index contributed by atoms with van der Waals surface area (Å²) in [6.45, 7) is 4.44. The highest BCUT2D eigenvalue weighted by molar-refractivity contribution is 14.1. The second-order valence-corrected chi connectivity index (χ2v) is 6.57. The van der Waals surface area contributed by atoms with E-state index in [9.17, 15) is 0 Å². The Morgan fingerprint density at radius 2 is 2.06 bits per heavy atom. The van der Waals surface area contributed by atoms with E-state index in [-0.39, 0.29) is 0 Å². The number of halogens is 1. The van der Waals surface area contributed by atoms with Gasteiger partial charge < -0.3 is 0 Å². The molecule has 16 heavy (non-hydrogen) atoms. The second-order valence-electron chi connectivity index (χ2n) is 4.00. The van der Waals surface area contributed by atoms with Crippen LogP contribution in [0.4, 0.5) is 0 Å². The van der Waals surface area contributed by atoms with E-state index < -0.39 is 0 Å². The maximum absolute atomic E-state index is 4.63. The molecule has 0 saturated heterocycles. The number of rotatable bonds is 4. The maximum Gasteiger partial charge on any atom is 0.143 e. The number of hydrogen-bond donors (Lipinski definition) is 0. The van der Waals surface area contributed by atoms with Gasteiger partial charge in [0.05, 0.1) is 10.7 Å². The molecular formula is C11H13IN2S2. The van der Waals surface area contributed by atoms with Crippen molar-refractivity contribution in [3.8, 4) is 10.7 Å². The molecule has 0 bridgehead atoms. The molecule has 2 aromatic heterocycles. The first-order valence-electron chi connectivity index (χ1n) is 5.14. The summed E-state index contributed by atoms with van der Waals surface area (Å²) in [6.07, 6.45) is 1.06. The largest absolute Gasteiger partial charge is 0.239 e. The summed E-state index contributed by atoms with van der Waals surface area (Å²) in [7, 11) is 0. The molecule has 2 heterocycles. The van der Waals surface area contributed by atoms with Crippen LogP contribution in [0.1, 0.15) is 24.5 Å². The molecule has 5 heteroatoms. The lowest BCUT2D eigenvalue weighted by Crippen LogP contribution is -1.92. The zero-order valence-electron chi connectivity index (χ0n) is 9.24. The van der Waals surface area contributed by atoms with Crippen LogP contribution >= 0.6 is 45.3 Å². The molecule has 0 radical (unpaired) electrons. The van der Waals surface area contributed by atoms with Gasteiger partial charge in [0, 0.05) is 21.6 Å². The van der Waals surface area contributed by atoms with Crippen molar-refractivity contribution in [2.75, 3.05) is 0 Å². The van der Waals surface area contributed by atoms with Crippen LogP contribution in [0.3, 0.4) is 0 Å². The molecule has 0 aliphatic rings. The number of aromatic nitrogens is 2. The Morgan fingerprint density at radius 1 is 1.25 bits per heavy atom. The van der Waals surface area contributed by atoms with Crippen molar-refractivity contribution in [2.45, 2.75) is 24.7 Å². The van der Waals surface area contributed by atoms with Crippen molar-refractivity contribution in [1.82, 2.24) is 9.97 Å². The number of nitrogens with zero attached hydrogens (tertiary/aromatic N) is 2. The highest BCUT2D eigenvalue weighted by Crippen LogP contribution is 2.26. The van der Waals surface area contributed by atoms with Crippen molar-refractivity contribution in [1.29, 1.82) is 0 Å². The van der Waals surface area contributed by atoms with Gasteiger partial charge in [0.1, 0.15) is 10.7 Å². The van der Waals surface area contributed by atoms with Crippen molar-refractivity contribution >= 4 is 45.3 Å². The van der Waals surface area contributed by atoms with Crippen LogP contribution in [0.15, 0.2) is 10.8 Å². The van der Waals surface area contributed by atoms with E-state index in [1.54, 1.807) is 22.7 Å². The number of alkyl halides is 1. The fraction of sp³-hybridized carbons (Fsp3) is 0.455. The van der Waals surface area contributed by atoms with Crippen LogP contribution in [-0.2, 0) is 10.8 Å². The topological polar surface area (TPSA) is 25.8 Å². The van der Waals surface area contributed by atoms with Crippen LogP contribution in [0.25, 0.3) is 10.7 Å². The average Bonchev–Trinajstić information content (AvgIpc) is 2.83. The van der Waals surface area contributed by atoms with Gasteiger partial charge in [-0.3, -0.25) is 0 Å². The molecule has 86 valence electrons. The summed E-state index contributed by atoms with van der Waals surface area (Å²) in [5.74, 6) is 0.667. The predicted octanol–water partition coefficient (Wildman–Crippen LogP) is 4.40. The molecule has 0 aliphatic carbocycles. The summed E-state index contributed by atoms with van der Waals surface area (Å²) < 4.78 is 0.969. The van der Waals surface area contributed by atoms with Crippen molar-refractivity contribution in [3.05, 3.63) is 21.5 Å². The minimum absolute atomic E-state index is 0.667. The van der Waals surface area contributed by atoms with Gasteiger partial charge in [-0.15, -0.1) is 22.7 Å². The third-order valence-electron chi connectivity index (χ3n) is 2.04. The van der Waals surface area contributed by atoms with E-state index in [2.05, 4.69) is 57.2 Å². The van der Waals surface area contributed by atoms with Gasteiger partial charge in [-0.25, -0.2) is 9.97 Å². The summed E-state index contributed by atoms with van der Waals surface area (Å²) in [5.41, 5.74) is 2.20. The van der Waals surface area contributed by atoms with E-state index in [1.165, 1.54) is 5.01 Å². The first-order valence-corrected chi connectivity index (χ1v) is 8.42. The highest BCUT2D eigenvalue weighted by Gasteiger charge is 2.09. The standard InChI is InChI=1S/C11H13IN2S2/c1-7(2)3-10-14-9(6-15-10)11-13-8(4-12)5-16-11/h5-7H,3-4H2,1-2H3. The van der Waals surface area contributed by atoms with Crippen LogP contribution in [0.5, 0.6) is 0 Å². The van der Waals surface area contributed by atoms with Gasteiger partial charge in [-0.1, -0.05) is 36.4 Å². The lowest BCUT2D eigenvalue weighted by Gasteiger charge is -1.98. The quantitative estimate of drug-likeness (QED) is 0.594. The molecule has 0 aliphatic heterocycles. The zero-order chi connectivity index (χ0) is 11.5. The molecule has 0 spiro atoms. The first-order chi connectivity index (χ1) is 7.69. The summed E-state index contributed by atoms with van der Waals surface area (Å²) in [4.78, 5) is 9.18. The molecule has 0 N–H and O–H groups in total. The van der Waals surface area contributed by atoms with E-state index in [1.807, 2.05) is 0 Å². The lowest BCUT2D eigenvalue weighted by molar-refractivity contribution is 0.645. The first kappa shape index (κ1) is 12.4. The fourth-order valence-electron chi connectivity index (χ4n) is 1.34. The average molecular weight is 364 g/mol. The Balaban J connectivity index is 2.17. The molecule has 0 saturated carbocycles. The number of hydrogen-bond acceptors (Lipinski definition) is 4. The van der Waals surface area contributed by atoms with Gasteiger partial charge in [-0.05, 0) is 5.92 Å². The Kier molecular flexibility index (Phi) is 4.32. The van der Waals surface area contributed by atoms with Crippen LogP contribution in [0.2, 0.25) is 0 Å². The van der Waals surface area contributed by atoms with E-state index >= 15 is 0 Å². The maximum atomic E-state index is 4.63. The monoisotopic (exact) mass is 364 g/mol. The van der Waals surface area contributed by atoms with Crippen molar-refractivity contribution < 1.29 is 0 Å². The van der Waals surface area contributed by atoms with Crippen LogP contribution < -0.4 is 0 Å². The van der Waals surface area contributed by atoms with Crippen LogP contribution in [0, 0.1) is 5.92 Å². The van der Waals surface area contributed by atoms with Gasteiger partial charge in [-0.2, -0.15) is 0 Å². The lowest BCUT2D eigenvalue weighted by atomic mass is 10.1. The van der Waals surface area contributed by atoms with Crippen LogP contribution in [-0.4, -0.2) is 9.97 Å². The summed E-state index contributed by atoms with van der Waals surface area (Å²) in [5, 5.41) is 6.51. The van der Waals surface area contributed by atoms with Gasteiger partial charge >= 0.3 is 0 Å². The van der Waals surface area contributed by atoms with Gasteiger partial charge in [0.2, 0.25) is 0 Å². The van der Waals surface area contributed by atoms with Crippen molar-refractivity contribution in [2.24, 2.45) is 5.92 Å². The minimum Gasteiger partial charge on any atom is -0.239 e. The third kappa shape index (κ3) is 3.01. The van der Waals surface area contributed by atoms with Gasteiger partial charge in [0.15, 0.2) is 0 Å². The molecule has 2 nitrogen and oxygen atoms in total. The molecule has 2 aromatic rings. The van der Waals surface area contributed by atoms with Gasteiger partial charge in [0.25, 0.3) is 0 Å². The molecule has 0 unspecified atom stereocenters. The molecule has 0 atom stereocenters. The predicted molar refractivity (Wildman–Crippen MR) is 79.5 cm³/mol. The minimum atomic E-state index is 0.667. The molecule has 0 amide bonds. The normalized spacial score (nSPS) is 11.2. The molecule has 0 fully saturated rings. The Morgan fingerprint density at radius 3 is 2.69 bits per heavy atom. The summed E-state index contributed by atoms with van der Waals surface area (Å²) >= 11 is 5.76. The third-order valence-corrected chi connectivity index (χ3v) is 4.61. The smallest absolute Gasteiger partial charge is 0.143 e. The fourth-order valence-corrected chi connectivity index (χ4v) is 3.87. The Hall–Kier alpha value is -0.0100. The van der Waals surface area contributed by atoms with Crippen molar-refractivity contribution in [3.63, 3.8) is 0 Å². The summed E-state index contributed by atoms with van der Waals surface area (Å²) in [6, 6.07) is 0. The Bertz CT molecular complexity index is 462. The van der Waals surface area contributed by atoms with E-state index in [4.69, 9.17) is 0 Å². The zero-order valence-corrected chi connectivity index (χ0v) is 13.0.